The number of nitro benzene ring substituents is 1. The van der Waals surface area contributed by atoms with Crippen molar-refractivity contribution in [3.63, 3.8) is 0 Å². The molecule has 0 aromatic heterocycles. The van der Waals surface area contributed by atoms with E-state index < -0.39 is 21.0 Å². The van der Waals surface area contributed by atoms with E-state index >= 15 is 0 Å². The summed E-state index contributed by atoms with van der Waals surface area (Å²) in [6.45, 7) is 0.737. The molecule has 176 valence electrons. The molecule has 0 atom stereocenters. The monoisotopic (exact) mass is 473 g/mol. The Morgan fingerprint density at radius 1 is 0.909 bits per heavy atom. The summed E-state index contributed by atoms with van der Waals surface area (Å²) in [5, 5.41) is 10.7. The molecule has 0 spiro atoms. The van der Waals surface area contributed by atoms with E-state index in [2.05, 4.69) is 0 Å². The van der Waals surface area contributed by atoms with Crippen LogP contribution in [-0.4, -0.2) is 54.8 Å². The van der Waals surface area contributed by atoms with E-state index in [9.17, 15) is 23.3 Å². The van der Waals surface area contributed by atoms with Gasteiger partial charge in [-0.2, -0.15) is 4.31 Å². The van der Waals surface area contributed by atoms with Gasteiger partial charge < -0.3 is 9.64 Å². The maximum absolute atomic E-state index is 13.1. The minimum absolute atomic E-state index is 0.0969. The van der Waals surface area contributed by atoms with Crippen molar-refractivity contribution in [1.82, 2.24) is 9.21 Å². The second-order valence-electron chi connectivity index (χ2n) is 8.41. The highest BCUT2D eigenvalue weighted by molar-refractivity contribution is 7.89. The molecular weight excluding hydrogens is 446 g/mol. The average molecular weight is 474 g/mol. The number of sulfonamides is 1. The van der Waals surface area contributed by atoms with Gasteiger partial charge in [-0.25, -0.2) is 13.2 Å². The molecule has 2 aliphatic rings. The first-order chi connectivity index (χ1) is 15.8. The molecule has 1 heterocycles. The van der Waals surface area contributed by atoms with Crippen LogP contribution in [0.5, 0.6) is 5.75 Å². The molecule has 1 amide bonds. The second kappa shape index (κ2) is 9.88. The third kappa shape index (κ3) is 5.33. The number of hydrogen-bond donors (Lipinski definition) is 0. The van der Waals surface area contributed by atoms with Crippen LogP contribution < -0.4 is 4.74 Å². The third-order valence-corrected chi connectivity index (χ3v) is 8.26. The van der Waals surface area contributed by atoms with Crippen molar-refractivity contribution >= 4 is 21.8 Å². The minimum atomic E-state index is -3.64. The summed E-state index contributed by atoms with van der Waals surface area (Å²) in [5.41, 5.74) is 1.10. The van der Waals surface area contributed by atoms with E-state index in [4.69, 9.17) is 4.74 Å². The lowest BCUT2D eigenvalue weighted by atomic mass is 9.84. The number of non-ortho nitro benzene ring substituents is 1. The van der Waals surface area contributed by atoms with Crippen LogP contribution in [0.25, 0.3) is 0 Å². The Morgan fingerprint density at radius 3 is 2.09 bits per heavy atom. The highest BCUT2D eigenvalue weighted by Gasteiger charge is 2.31. The van der Waals surface area contributed by atoms with Gasteiger partial charge in [0.15, 0.2) is 0 Å². The lowest BCUT2D eigenvalue weighted by Crippen LogP contribution is -2.51. The molecule has 1 aliphatic carbocycles. The van der Waals surface area contributed by atoms with Crippen LogP contribution >= 0.6 is 0 Å². The standard InChI is InChI=1S/C23H27N3O6S/c27-23(32-21-10-8-20(9-11-21)26(28)29)24-14-16-25(17-15-24)33(30,31)22-12-6-19(7-13-22)18-4-2-1-3-5-18/h6-13,18H,1-5,14-17H2. The Balaban J connectivity index is 1.33. The molecule has 1 saturated carbocycles. The summed E-state index contributed by atoms with van der Waals surface area (Å²) < 4.78 is 32.8. The van der Waals surface area contributed by atoms with E-state index in [-0.39, 0.29) is 42.5 Å². The van der Waals surface area contributed by atoms with Crippen molar-refractivity contribution < 1.29 is 22.9 Å². The molecule has 33 heavy (non-hydrogen) atoms. The summed E-state index contributed by atoms with van der Waals surface area (Å²) in [7, 11) is -3.64. The van der Waals surface area contributed by atoms with Crippen LogP contribution in [0, 0.1) is 10.1 Å². The zero-order valence-corrected chi connectivity index (χ0v) is 19.1. The lowest BCUT2D eigenvalue weighted by molar-refractivity contribution is -0.384. The molecule has 2 aromatic carbocycles. The van der Waals surface area contributed by atoms with Crippen LogP contribution in [0.15, 0.2) is 53.4 Å². The number of hydrogen-bond acceptors (Lipinski definition) is 6. The molecule has 2 aromatic rings. The van der Waals surface area contributed by atoms with Crippen molar-refractivity contribution in [2.75, 3.05) is 26.2 Å². The Bertz CT molecular complexity index is 1090. The highest BCUT2D eigenvalue weighted by Crippen LogP contribution is 2.33. The van der Waals surface area contributed by atoms with Crippen LogP contribution in [0.4, 0.5) is 10.5 Å². The first-order valence-electron chi connectivity index (χ1n) is 11.2. The van der Waals surface area contributed by atoms with E-state index in [0.29, 0.717) is 5.92 Å². The van der Waals surface area contributed by atoms with E-state index in [1.54, 1.807) is 12.1 Å². The average Bonchev–Trinajstić information content (AvgIpc) is 2.85. The van der Waals surface area contributed by atoms with Gasteiger partial charge in [0.25, 0.3) is 5.69 Å². The molecule has 0 unspecified atom stereocenters. The number of nitrogens with zero attached hydrogens (tertiary/aromatic N) is 3. The normalized spacial score (nSPS) is 18.1. The van der Waals surface area contributed by atoms with Crippen LogP contribution in [0.1, 0.15) is 43.6 Å². The molecule has 4 rings (SSSR count). The SMILES string of the molecule is O=C(Oc1ccc([N+](=O)[O-])cc1)N1CCN(S(=O)(=O)c2ccc(C3CCCCC3)cc2)CC1. The summed E-state index contributed by atoms with van der Waals surface area (Å²) >= 11 is 0. The van der Waals surface area contributed by atoms with Crippen LogP contribution in [0.3, 0.4) is 0 Å². The predicted molar refractivity (Wildman–Crippen MR) is 122 cm³/mol. The number of carbonyl (C=O) groups is 1. The quantitative estimate of drug-likeness (QED) is 0.477. The number of carbonyl (C=O) groups excluding carboxylic acids is 1. The zero-order valence-electron chi connectivity index (χ0n) is 18.3. The summed E-state index contributed by atoms with van der Waals surface area (Å²) in [6, 6.07) is 12.5. The fourth-order valence-electron chi connectivity index (χ4n) is 4.41. The van der Waals surface area contributed by atoms with Crippen LogP contribution in [-0.2, 0) is 10.0 Å². The third-order valence-electron chi connectivity index (χ3n) is 6.34. The molecule has 0 N–H and O–H groups in total. The summed E-state index contributed by atoms with van der Waals surface area (Å²) in [6.07, 6.45) is 5.42. The second-order valence-corrected chi connectivity index (χ2v) is 10.4. The Hall–Kier alpha value is -2.98. The van der Waals surface area contributed by atoms with Crippen molar-refractivity contribution in [3.05, 3.63) is 64.2 Å². The highest BCUT2D eigenvalue weighted by atomic mass is 32.2. The molecular formula is C23H27N3O6S. The number of piperazine rings is 1. The van der Waals surface area contributed by atoms with Gasteiger partial charge in [0.2, 0.25) is 10.0 Å². The predicted octanol–water partition coefficient (Wildman–Crippen LogP) is 4.15. The van der Waals surface area contributed by atoms with Gasteiger partial charge >= 0.3 is 6.09 Å². The van der Waals surface area contributed by atoms with E-state index in [1.807, 2.05) is 12.1 Å². The molecule has 10 heteroatoms. The molecule has 1 aliphatic heterocycles. The van der Waals surface area contributed by atoms with Crippen molar-refractivity contribution in [3.8, 4) is 5.75 Å². The summed E-state index contributed by atoms with van der Waals surface area (Å²) in [5.74, 6) is 0.708. The lowest BCUT2D eigenvalue weighted by Gasteiger charge is -2.33. The van der Waals surface area contributed by atoms with Gasteiger partial charge in [0.1, 0.15) is 5.75 Å². The maximum atomic E-state index is 13.1. The Morgan fingerprint density at radius 2 is 1.52 bits per heavy atom. The van der Waals surface area contributed by atoms with Crippen molar-refractivity contribution in [1.29, 1.82) is 0 Å². The summed E-state index contributed by atoms with van der Waals surface area (Å²) in [4.78, 5) is 24.3. The smallest absolute Gasteiger partial charge is 0.410 e. The molecule has 9 nitrogen and oxygen atoms in total. The minimum Gasteiger partial charge on any atom is -0.410 e. The number of nitro groups is 1. The first-order valence-corrected chi connectivity index (χ1v) is 12.6. The molecule has 2 fully saturated rings. The molecule has 0 bridgehead atoms. The van der Waals surface area contributed by atoms with Crippen molar-refractivity contribution in [2.45, 2.75) is 42.9 Å². The Kier molecular flexibility index (Phi) is 6.94. The van der Waals surface area contributed by atoms with E-state index in [1.165, 1.54) is 58.3 Å². The van der Waals surface area contributed by atoms with Gasteiger partial charge in [0, 0.05) is 38.3 Å². The van der Waals surface area contributed by atoms with Gasteiger partial charge in [-0.05, 0) is 48.6 Å². The fraction of sp³-hybridized carbons (Fsp3) is 0.435. The van der Waals surface area contributed by atoms with Crippen LogP contribution in [0.2, 0.25) is 0 Å². The number of benzene rings is 2. The Labute approximate surface area is 193 Å². The van der Waals surface area contributed by atoms with Gasteiger partial charge in [0.05, 0.1) is 9.82 Å². The van der Waals surface area contributed by atoms with Gasteiger partial charge in [-0.15, -0.1) is 0 Å². The zero-order chi connectivity index (χ0) is 23.4. The topological polar surface area (TPSA) is 110 Å². The van der Waals surface area contributed by atoms with Gasteiger partial charge in [-0.1, -0.05) is 31.4 Å². The maximum Gasteiger partial charge on any atom is 0.415 e. The number of ether oxygens (including phenoxy) is 1. The largest absolute Gasteiger partial charge is 0.415 e. The van der Waals surface area contributed by atoms with E-state index in [0.717, 1.165) is 12.8 Å². The van der Waals surface area contributed by atoms with Gasteiger partial charge in [-0.3, -0.25) is 10.1 Å². The van der Waals surface area contributed by atoms with Crippen molar-refractivity contribution in [2.24, 2.45) is 0 Å². The molecule has 1 saturated heterocycles. The number of amides is 1. The molecule has 0 radical (unpaired) electrons. The fourth-order valence-corrected chi connectivity index (χ4v) is 5.83. The first kappa shape index (κ1) is 23.2. The number of rotatable bonds is 5.